The molecule has 0 atom stereocenters. The third kappa shape index (κ3) is 3.89. The lowest BCUT2D eigenvalue weighted by Gasteiger charge is -2.21. The van der Waals surface area contributed by atoms with Crippen LogP contribution in [0.15, 0.2) is 133 Å². The highest BCUT2D eigenvalue weighted by Gasteiger charge is 2.36. The zero-order chi connectivity index (χ0) is 31.3. The fourth-order valence-corrected chi connectivity index (χ4v) is 9.63. The molecule has 2 heteroatoms. The average Bonchev–Trinajstić information content (AvgIpc) is 3.73. The number of aromatic nitrogens is 1. The Hall–Kier alpha value is -5.18. The van der Waals surface area contributed by atoms with Crippen LogP contribution in [0.5, 0.6) is 0 Å². The van der Waals surface area contributed by atoms with Gasteiger partial charge in [-0.2, -0.15) is 0 Å². The predicted molar refractivity (Wildman–Crippen MR) is 202 cm³/mol. The van der Waals surface area contributed by atoms with Gasteiger partial charge in [0.05, 0.1) is 11.0 Å². The van der Waals surface area contributed by atoms with Crippen molar-refractivity contribution in [3.8, 4) is 39.1 Å². The van der Waals surface area contributed by atoms with Gasteiger partial charge in [-0.1, -0.05) is 123 Å². The van der Waals surface area contributed by atoms with Gasteiger partial charge in [0.25, 0.3) is 0 Å². The molecule has 0 saturated heterocycles. The van der Waals surface area contributed by atoms with Gasteiger partial charge in [-0.15, -0.1) is 11.3 Å². The van der Waals surface area contributed by atoms with Crippen molar-refractivity contribution in [1.29, 1.82) is 0 Å². The van der Waals surface area contributed by atoms with Crippen molar-refractivity contribution in [2.45, 2.75) is 32.1 Å². The van der Waals surface area contributed by atoms with Crippen LogP contribution < -0.4 is 0 Å². The van der Waals surface area contributed by atoms with Crippen molar-refractivity contribution < 1.29 is 0 Å². The molecule has 0 radical (unpaired) electrons. The van der Waals surface area contributed by atoms with Crippen LogP contribution in [-0.4, -0.2) is 4.57 Å². The standard InChI is InChI=1S/C45H33NS/c1-45(2)39-17-8-6-13-33(39)37-26-38-34-24-21-30(28-11-4-3-5-12-28)25-41(34)46(42(38)27-40(37)45)31-22-19-29(20-23-31)32-15-10-16-36-35-14-7-9-18-43(35)47-44(32)36/h3-8,10-17,19-27H,9,18H2,1-2H3. The van der Waals surface area contributed by atoms with Crippen LogP contribution in [0.4, 0.5) is 0 Å². The molecule has 0 amide bonds. The maximum atomic E-state index is 2.50. The quantitative estimate of drug-likeness (QED) is 0.185. The van der Waals surface area contributed by atoms with Crippen LogP contribution in [-0.2, 0) is 11.8 Å². The van der Waals surface area contributed by atoms with Crippen molar-refractivity contribution in [3.63, 3.8) is 0 Å². The van der Waals surface area contributed by atoms with Crippen LogP contribution in [0.2, 0.25) is 0 Å². The smallest absolute Gasteiger partial charge is 0.0547 e. The van der Waals surface area contributed by atoms with Crippen molar-refractivity contribution in [2.75, 3.05) is 0 Å². The minimum atomic E-state index is -0.0613. The fraction of sp³-hybridized carbons (Fsp3) is 0.111. The second-order valence-corrected chi connectivity index (χ2v) is 14.7. The normalized spacial score (nSPS) is 14.5. The molecule has 47 heavy (non-hydrogen) atoms. The maximum absolute atomic E-state index is 2.50. The topological polar surface area (TPSA) is 4.93 Å². The molecular formula is C45H33NS. The zero-order valence-corrected chi connectivity index (χ0v) is 27.4. The highest BCUT2D eigenvalue weighted by Crippen LogP contribution is 2.51. The molecule has 0 spiro atoms. The molecule has 0 bridgehead atoms. The van der Waals surface area contributed by atoms with E-state index in [1.165, 1.54) is 92.5 Å². The van der Waals surface area contributed by atoms with E-state index in [1.807, 2.05) is 11.3 Å². The van der Waals surface area contributed by atoms with E-state index < -0.39 is 0 Å². The molecule has 2 aromatic heterocycles. The van der Waals surface area contributed by atoms with Crippen molar-refractivity contribution in [1.82, 2.24) is 4.57 Å². The lowest BCUT2D eigenvalue weighted by atomic mass is 9.82. The summed E-state index contributed by atoms with van der Waals surface area (Å²) in [5.74, 6) is 0. The number of aryl methyl sites for hydroxylation is 1. The van der Waals surface area contributed by atoms with Gasteiger partial charge in [-0.25, -0.2) is 0 Å². The molecule has 0 aliphatic heterocycles. The maximum Gasteiger partial charge on any atom is 0.0547 e. The minimum absolute atomic E-state index is 0.0613. The number of hydrogen-bond acceptors (Lipinski definition) is 1. The zero-order valence-electron chi connectivity index (χ0n) is 26.5. The molecule has 0 unspecified atom stereocenters. The molecule has 2 aliphatic carbocycles. The summed E-state index contributed by atoms with van der Waals surface area (Å²) in [7, 11) is 0. The van der Waals surface area contributed by atoms with Crippen LogP contribution in [0.25, 0.3) is 77.0 Å². The molecule has 0 fully saturated rings. The van der Waals surface area contributed by atoms with E-state index in [4.69, 9.17) is 0 Å². The minimum Gasteiger partial charge on any atom is -0.309 e. The number of thiophene rings is 1. The first-order valence-electron chi connectivity index (χ1n) is 16.7. The Morgan fingerprint density at radius 3 is 2.21 bits per heavy atom. The molecule has 8 aromatic rings. The number of allylic oxidation sites excluding steroid dienone is 1. The second-order valence-electron chi connectivity index (χ2n) is 13.6. The molecule has 0 saturated carbocycles. The van der Waals surface area contributed by atoms with E-state index in [2.05, 4.69) is 158 Å². The van der Waals surface area contributed by atoms with Gasteiger partial charge in [0.1, 0.15) is 0 Å². The van der Waals surface area contributed by atoms with E-state index in [-0.39, 0.29) is 5.41 Å². The lowest BCUT2D eigenvalue weighted by molar-refractivity contribution is 0.661. The number of nitrogens with zero attached hydrogens (tertiary/aromatic N) is 1. The summed E-state index contributed by atoms with van der Waals surface area (Å²) in [5, 5.41) is 3.98. The third-order valence-electron chi connectivity index (χ3n) is 10.7. The number of benzene rings is 6. The number of hydrogen-bond donors (Lipinski definition) is 0. The van der Waals surface area contributed by atoms with E-state index in [1.54, 1.807) is 0 Å². The van der Waals surface area contributed by atoms with Crippen LogP contribution >= 0.6 is 11.3 Å². The Morgan fingerprint density at radius 1 is 0.574 bits per heavy atom. The first kappa shape index (κ1) is 27.0. The van der Waals surface area contributed by atoms with E-state index in [0.29, 0.717) is 0 Å². The van der Waals surface area contributed by atoms with E-state index in [0.717, 1.165) is 12.8 Å². The summed E-state index contributed by atoms with van der Waals surface area (Å²) in [4.78, 5) is 1.52. The van der Waals surface area contributed by atoms with E-state index >= 15 is 0 Å². The number of fused-ring (bicyclic) bond motifs is 9. The van der Waals surface area contributed by atoms with Crippen molar-refractivity contribution in [2.24, 2.45) is 0 Å². The van der Waals surface area contributed by atoms with Crippen molar-refractivity contribution >= 4 is 49.3 Å². The Kier molecular flexibility index (Phi) is 5.69. The molecule has 224 valence electrons. The summed E-state index contributed by atoms with van der Waals surface area (Å²) in [6, 6.07) is 47.7. The molecule has 0 N–H and O–H groups in total. The van der Waals surface area contributed by atoms with Crippen LogP contribution in [0, 0.1) is 0 Å². The predicted octanol–water partition coefficient (Wildman–Crippen LogP) is 12.6. The lowest BCUT2D eigenvalue weighted by Crippen LogP contribution is -2.14. The summed E-state index contributed by atoms with van der Waals surface area (Å²) in [6.45, 7) is 4.75. The molecule has 2 heterocycles. The first-order valence-corrected chi connectivity index (χ1v) is 17.5. The van der Waals surface area contributed by atoms with Gasteiger partial charge in [-0.3, -0.25) is 0 Å². The Bertz CT molecular complexity index is 2570. The fourth-order valence-electron chi connectivity index (χ4n) is 8.29. The number of rotatable bonds is 3. The van der Waals surface area contributed by atoms with Gasteiger partial charge < -0.3 is 4.57 Å². The highest BCUT2D eigenvalue weighted by atomic mass is 32.1. The largest absolute Gasteiger partial charge is 0.309 e. The summed E-state index contributed by atoms with van der Waals surface area (Å²) in [5.41, 5.74) is 15.7. The van der Waals surface area contributed by atoms with Gasteiger partial charge >= 0.3 is 0 Å². The monoisotopic (exact) mass is 619 g/mol. The molecule has 2 aliphatic rings. The second kappa shape index (κ2) is 9.91. The molecule has 10 rings (SSSR count). The average molecular weight is 620 g/mol. The highest BCUT2D eigenvalue weighted by molar-refractivity contribution is 7.20. The molecular weight excluding hydrogens is 587 g/mol. The summed E-state index contributed by atoms with van der Waals surface area (Å²) < 4.78 is 3.90. The van der Waals surface area contributed by atoms with E-state index in [9.17, 15) is 0 Å². The third-order valence-corrected chi connectivity index (χ3v) is 12.0. The van der Waals surface area contributed by atoms with Crippen LogP contribution in [0.1, 0.15) is 41.8 Å². The van der Waals surface area contributed by atoms with Gasteiger partial charge in [0.15, 0.2) is 0 Å². The van der Waals surface area contributed by atoms with Gasteiger partial charge in [-0.05, 0) is 93.2 Å². The van der Waals surface area contributed by atoms with Gasteiger partial charge in [0.2, 0.25) is 0 Å². The van der Waals surface area contributed by atoms with Gasteiger partial charge in [0, 0.05) is 36.8 Å². The SMILES string of the molecule is CC1(C)c2ccccc2-c2cc3c4ccc(-c5ccccc5)cc4n(-c4ccc(-c5cccc6c7c(sc56)CCC=C7)cc4)c3cc21. The first-order chi connectivity index (χ1) is 23.1. The Balaban J connectivity index is 1.20. The summed E-state index contributed by atoms with van der Waals surface area (Å²) in [6.07, 6.45) is 6.93. The Morgan fingerprint density at radius 2 is 1.34 bits per heavy atom. The molecule has 6 aromatic carbocycles. The molecule has 1 nitrogen and oxygen atoms in total. The van der Waals surface area contributed by atoms with Crippen molar-refractivity contribution in [3.05, 3.63) is 155 Å². The van der Waals surface area contributed by atoms with Crippen LogP contribution in [0.3, 0.4) is 0 Å². The Labute approximate surface area is 279 Å². The summed E-state index contributed by atoms with van der Waals surface area (Å²) >= 11 is 1.98.